The van der Waals surface area contributed by atoms with E-state index < -0.39 is 5.97 Å². The third kappa shape index (κ3) is 2.16. The highest BCUT2D eigenvalue weighted by molar-refractivity contribution is 5.93. The molecule has 0 unspecified atom stereocenters. The smallest absolute Gasteiger partial charge is 0.335 e. The lowest BCUT2D eigenvalue weighted by atomic mass is 10.1. The van der Waals surface area contributed by atoms with Gasteiger partial charge in [0, 0.05) is 12.6 Å². The molecule has 1 N–H and O–H groups in total. The lowest BCUT2D eigenvalue weighted by molar-refractivity contribution is 0.0697. The van der Waals surface area contributed by atoms with Crippen LogP contribution in [0, 0.1) is 12.7 Å². The molecule has 0 amide bonds. The summed E-state index contributed by atoms with van der Waals surface area (Å²) in [6.45, 7) is 1.82. The van der Waals surface area contributed by atoms with Crippen molar-refractivity contribution in [2.45, 2.75) is 6.92 Å². The van der Waals surface area contributed by atoms with Crippen LogP contribution in [0.1, 0.15) is 15.9 Å². The summed E-state index contributed by atoms with van der Waals surface area (Å²) in [6.07, 6.45) is 0. The molecule has 0 fully saturated rings. The molecule has 1 aromatic heterocycles. The predicted octanol–water partition coefficient (Wildman–Crippen LogP) is 3.39. The lowest BCUT2D eigenvalue weighted by Gasteiger charge is -2.06. The van der Waals surface area contributed by atoms with Gasteiger partial charge in [-0.25, -0.2) is 14.2 Å². The van der Waals surface area contributed by atoms with Crippen molar-refractivity contribution in [1.82, 2.24) is 9.55 Å². The van der Waals surface area contributed by atoms with E-state index in [2.05, 4.69) is 4.98 Å². The van der Waals surface area contributed by atoms with Crippen LogP contribution in [0.3, 0.4) is 0 Å². The molecular weight excluding hydrogens is 271 g/mol. The van der Waals surface area contributed by atoms with Gasteiger partial charge in [-0.3, -0.25) is 0 Å². The van der Waals surface area contributed by atoms with Crippen molar-refractivity contribution in [3.05, 3.63) is 53.3 Å². The van der Waals surface area contributed by atoms with Crippen LogP contribution in [-0.4, -0.2) is 20.6 Å². The first-order valence-electron chi connectivity index (χ1n) is 6.43. The van der Waals surface area contributed by atoms with Crippen molar-refractivity contribution >= 4 is 17.0 Å². The molecule has 21 heavy (non-hydrogen) atoms. The number of carboxylic acids is 1. The van der Waals surface area contributed by atoms with Crippen LogP contribution in [0.2, 0.25) is 0 Å². The molecule has 2 aromatic carbocycles. The monoisotopic (exact) mass is 284 g/mol. The molecule has 0 radical (unpaired) electrons. The topological polar surface area (TPSA) is 55.1 Å². The number of aromatic nitrogens is 2. The first kappa shape index (κ1) is 13.3. The quantitative estimate of drug-likeness (QED) is 0.784. The van der Waals surface area contributed by atoms with E-state index in [-0.39, 0.29) is 11.4 Å². The Morgan fingerprint density at radius 3 is 2.67 bits per heavy atom. The number of hydrogen-bond donors (Lipinski definition) is 1. The molecule has 3 aromatic rings. The highest BCUT2D eigenvalue weighted by atomic mass is 19.1. The van der Waals surface area contributed by atoms with Gasteiger partial charge in [0.05, 0.1) is 16.6 Å². The summed E-state index contributed by atoms with van der Waals surface area (Å²) in [6, 6.07) is 9.35. The van der Waals surface area contributed by atoms with E-state index >= 15 is 0 Å². The molecule has 0 bridgehead atoms. The zero-order valence-electron chi connectivity index (χ0n) is 11.6. The summed E-state index contributed by atoms with van der Waals surface area (Å²) >= 11 is 0. The van der Waals surface area contributed by atoms with Gasteiger partial charge in [0.15, 0.2) is 0 Å². The first-order chi connectivity index (χ1) is 9.97. The number of nitrogens with zero attached hydrogens (tertiary/aromatic N) is 2. The Bertz CT molecular complexity index is 868. The Kier molecular flexibility index (Phi) is 2.97. The van der Waals surface area contributed by atoms with Gasteiger partial charge in [-0.1, -0.05) is 0 Å². The molecule has 0 atom stereocenters. The molecule has 106 valence electrons. The van der Waals surface area contributed by atoms with Gasteiger partial charge in [-0.15, -0.1) is 0 Å². The number of aryl methyl sites for hydroxylation is 2. The third-order valence-electron chi connectivity index (χ3n) is 3.56. The van der Waals surface area contributed by atoms with Crippen LogP contribution < -0.4 is 0 Å². The Labute approximate surface area is 120 Å². The van der Waals surface area contributed by atoms with E-state index in [9.17, 15) is 9.18 Å². The lowest BCUT2D eigenvalue weighted by Crippen LogP contribution is -1.96. The van der Waals surface area contributed by atoms with Crippen molar-refractivity contribution in [2.75, 3.05) is 0 Å². The van der Waals surface area contributed by atoms with Crippen LogP contribution in [0.5, 0.6) is 0 Å². The average molecular weight is 284 g/mol. The number of rotatable bonds is 2. The normalized spacial score (nSPS) is 11.0. The zero-order chi connectivity index (χ0) is 15.1. The number of halogens is 1. The number of benzene rings is 2. The van der Waals surface area contributed by atoms with Crippen molar-refractivity contribution in [3.63, 3.8) is 0 Å². The van der Waals surface area contributed by atoms with Gasteiger partial charge in [0.1, 0.15) is 11.6 Å². The van der Waals surface area contributed by atoms with E-state index in [0.29, 0.717) is 11.3 Å². The Morgan fingerprint density at radius 2 is 2.00 bits per heavy atom. The van der Waals surface area contributed by atoms with Crippen molar-refractivity contribution < 1.29 is 14.3 Å². The molecule has 0 spiro atoms. The van der Waals surface area contributed by atoms with E-state index in [1.807, 2.05) is 18.5 Å². The van der Waals surface area contributed by atoms with E-state index in [1.165, 1.54) is 12.1 Å². The second kappa shape index (κ2) is 4.70. The fraction of sp³-hybridized carbons (Fsp3) is 0.125. The summed E-state index contributed by atoms with van der Waals surface area (Å²) in [4.78, 5) is 15.5. The second-order valence-corrected chi connectivity index (χ2v) is 4.96. The van der Waals surface area contributed by atoms with Gasteiger partial charge in [0.2, 0.25) is 0 Å². The minimum absolute atomic E-state index is 0.197. The molecule has 0 aliphatic carbocycles. The Hall–Kier alpha value is -2.69. The zero-order valence-corrected chi connectivity index (χ0v) is 11.6. The first-order valence-corrected chi connectivity index (χ1v) is 6.43. The summed E-state index contributed by atoms with van der Waals surface area (Å²) in [7, 11) is 1.86. The number of aromatic carboxylic acids is 1. The van der Waals surface area contributed by atoms with Gasteiger partial charge < -0.3 is 9.67 Å². The average Bonchev–Trinajstić information content (AvgIpc) is 2.75. The summed E-state index contributed by atoms with van der Waals surface area (Å²) in [5.41, 5.74) is 3.25. The van der Waals surface area contributed by atoms with Crippen LogP contribution in [0.15, 0.2) is 36.4 Å². The summed E-state index contributed by atoms with van der Waals surface area (Å²) < 4.78 is 15.1. The van der Waals surface area contributed by atoms with Crippen LogP contribution in [0.25, 0.3) is 22.4 Å². The Balaban J connectivity index is 2.23. The van der Waals surface area contributed by atoms with Crippen molar-refractivity contribution in [2.24, 2.45) is 7.05 Å². The molecule has 0 aliphatic rings. The van der Waals surface area contributed by atoms with Crippen molar-refractivity contribution in [1.29, 1.82) is 0 Å². The maximum Gasteiger partial charge on any atom is 0.335 e. The standard InChI is InChI=1S/C16H13FN2O2/c1-9-7-11(17)4-5-12(9)15-18-13-8-10(16(20)21)3-6-14(13)19(15)2/h3-8H,1-2H3,(H,20,21). The number of carboxylic acid groups (broad SMARTS) is 1. The number of carbonyl (C=O) groups is 1. The highest BCUT2D eigenvalue weighted by Crippen LogP contribution is 2.27. The van der Waals surface area contributed by atoms with E-state index in [1.54, 1.807) is 24.3 Å². The molecule has 4 nitrogen and oxygen atoms in total. The third-order valence-corrected chi connectivity index (χ3v) is 3.56. The minimum atomic E-state index is -0.984. The van der Waals surface area contributed by atoms with E-state index in [0.717, 1.165) is 16.6 Å². The molecule has 0 saturated heterocycles. The van der Waals surface area contributed by atoms with Gasteiger partial charge in [0.25, 0.3) is 0 Å². The fourth-order valence-electron chi connectivity index (χ4n) is 2.45. The summed E-state index contributed by atoms with van der Waals surface area (Å²) in [5.74, 6) is -0.588. The molecule has 1 heterocycles. The number of hydrogen-bond acceptors (Lipinski definition) is 2. The Morgan fingerprint density at radius 1 is 1.24 bits per heavy atom. The molecule has 0 saturated carbocycles. The van der Waals surface area contributed by atoms with Crippen LogP contribution >= 0.6 is 0 Å². The molecule has 0 aliphatic heterocycles. The predicted molar refractivity (Wildman–Crippen MR) is 77.8 cm³/mol. The van der Waals surface area contributed by atoms with E-state index in [4.69, 9.17) is 5.11 Å². The SMILES string of the molecule is Cc1cc(F)ccc1-c1nc2cc(C(=O)O)ccc2n1C. The number of imidazole rings is 1. The maximum atomic E-state index is 13.2. The maximum absolute atomic E-state index is 13.2. The second-order valence-electron chi connectivity index (χ2n) is 4.96. The largest absolute Gasteiger partial charge is 0.478 e. The van der Waals surface area contributed by atoms with Gasteiger partial charge in [-0.05, 0) is 48.9 Å². The summed E-state index contributed by atoms with van der Waals surface area (Å²) in [5, 5.41) is 9.04. The molecule has 5 heteroatoms. The van der Waals surface area contributed by atoms with Crippen molar-refractivity contribution in [3.8, 4) is 11.4 Å². The highest BCUT2D eigenvalue weighted by Gasteiger charge is 2.14. The minimum Gasteiger partial charge on any atom is -0.478 e. The van der Waals surface area contributed by atoms with Crippen LogP contribution in [-0.2, 0) is 7.05 Å². The van der Waals surface area contributed by atoms with Gasteiger partial charge in [-0.2, -0.15) is 0 Å². The number of fused-ring (bicyclic) bond motifs is 1. The van der Waals surface area contributed by atoms with Crippen LogP contribution in [0.4, 0.5) is 4.39 Å². The molecule has 3 rings (SSSR count). The fourth-order valence-corrected chi connectivity index (χ4v) is 2.45. The van der Waals surface area contributed by atoms with Gasteiger partial charge >= 0.3 is 5.97 Å². The molecular formula is C16H13FN2O2.